The van der Waals surface area contributed by atoms with Gasteiger partial charge in [-0.05, 0) is 36.6 Å². The fourth-order valence-corrected chi connectivity index (χ4v) is 4.11. The zero-order valence-corrected chi connectivity index (χ0v) is 16.3. The van der Waals surface area contributed by atoms with E-state index in [4.69, 9.17) is 0 Å². The van der Waals surface area contributed by atoms with E-state index in [1.54, 1.807) is 12.4 Å². The third-order valence-electron chi connectivity index (χ3n) is 5.78. The van der Waals surface area contributed by atoms with E-state index >= 15 is 0 Å². The molecule has 7 heteroatoms. The highest BCUT2D eigenvalue weighted by Crippen LogP contribution is 2.28. The summed E-state index contributed by atoms with van der Waals surface area (Å²) >= 11 is 0. The van der Waals surface area contributed by atoms with Gasteiger partial charge in [0.25, 0.3) is 0 Å². The van der Waals surface area contributed by atoms with Crippen molar-refractivity contribution in [2.75, 3.05) is 36.4 Å². The lowest BCUT2D eigenvalue weighted by molar-refractivity contribution is -0.131. The molecule has 1 saturated carbocycles. The second-order valence-electron chi connectivity index (χ2n) is 7.70. The second-order valence-corrected chi connectivity index (χ2v) is 7.70. The standard InChI is InChI=1S/C21H28N6O/c28-21(10-7-17-4-1-2-5-17)27-14-12-26(13-15-27)20-9-8-19(24-25-20)23-18-6-3-11-22-16-18/h3,6,8-9,11,16-17H,1-2,4-5,7,10,12-15H2,(H,23,24). The van der Waals surface area contributed by atoms with Crippen molar-refractivity contribution < 1.29 is 4.79 Å². The van der Waals surface area contributed by atoms with Crippen molar-refractivity contribution in [3.63, 3.8) is 0 Å². The molecule has 0 spiro atoms. The molecule has 28 heavy (non-hydrogen) atoms. The Morgan fingerprint density at radius 2 is 1.89 bits per heavy atom. The molecule has 1 aliphatic carbocycles. The summed E-state index contributed by atoms with van der Waals surface area (Å²) in [5.41, 5.74) is 0.884. The molecule has 1 saturated heterocycles. The number of carbonyl (C=O) groups is 1. The van der Waals surface area contributed by atoms with Gasteiger partial charge in [0.2, 0.25) is 5.91 Å². The molecule has 0 bridgehead atoms. The van der Waals surface area contributed by atoms with Gasteiger partial charge < -0.3 is 15.1 Å². The molecule has 0 radical (unpaired) electrons. The van der Waals surface area contributed by atoms with Gasteiger partial charge in [-0.2, -0.15) is 0 Å². The van der Waals surface area contributed by atoms with Crippen LogP contribution in [0.15, 0.2) is 36.7 Å². The first-order chi connectivity index (χ1) is 13.8. The quantitative estimate of drug-likeness (QED) is 0.829. The lowest BCUT2D eigenvalue weighted by atomic mass is 10.0. The van der Waals surface area contributed by atoms with Crippen molar-refractivity contribution in [2.45, 2.75) is 38.5 Å². The van der Waals surface area contributed by atoms with Crippen LogP contribution in [0.5, 0.6) is 0 Å². The molecular weight excluding hydrogens is 352 g/mol. The summed E-state index contributed by atoms with van der Waals surface area (Å²) in [6.45, 7) is 3.14. The molecular formula is C21H28N6O. The van der Waals surface area contributed by atoms with Crippen LogP contribution in [-0.2, 0) is 4.79 Å². The van der Waals surface area contributed by atoms with Gasteiger partial charge in [-0.15, -0.1) is 10.2 Å². The number of aromatic nitrogens is 3. The molecule has 0 aromatic carbocycles. The zero-order valence-electron chi connectivity index (χ0n) is 16.3. The molecule has 4 rings (SSSR count). The fraction of sp³-hybridized carbons (Fsp3) is 0.524. The smallest absolute Gasteiger partial charge is 0.222 e. The van der Waals surface area contributed by atoms with Crippen LogP contribution in [0.2, 0.25) is 0 Å². The summed E-state index contributed by atoms with van der Waals surface area (Å²) in [7, 11) is 0. The van der Waals surface area contributed by atoms with Gasteiger partial charge in [0.05, 0.1) is 11.9 Å². The maximum absolute atomic E-state index is 12.5. The number of amides is 1. The Morgan fingerprint density at radius 3 is 2.57 bits per heavy atom. The van der Waals surface area contributed by atoms with E-state index in [9.17, 15) is 4.79 Å². The van der Waals surface area contributed by atoms with Crippen molar-refractivity contribution in [3.8, 4) is 0 Å². The fourth-order valence-electron chi connectivity index (χ4n) is 4.11. The Hall–Kier alpha value is -2.70. The van der Waals surface area contributed by atoms with Crippen LogP contribution < -0.4 is 10.2 Å². The highest BCUT2D eigenvalue weighted by atomic mass is 16.2. The van der Waals surface area contributed by atoms with Gasteiger partial charge >= 0.3 is 0 Å². The molecule has 1 amide bonds. The van der Waals surface area contributed by atoms with E-state index in [1.165, 1.54) is 25.7 Å². The number of carbonyl (C=O) groups excluding carboxylic acids is 1. The molecule has 2 aromatic heterocycles. The SMILES string of the molecule is O=C(CCC1CCCC1)N1CCN(c2ccc(Nc3cccnc3)nn2)CC1. The third-order valence-corrected chi connectivity index (χ3v) is 5.78. The van der Waals surface area contributed by atoms with Crippen LogP contribution in [0.3, 0.4) is 0 Å². The maximum Gasteiger partial charge on any atom is 0.222 e. The normalized spacial score (nSPS) is 17.7. The van der Waals surface area contributed by atoms with Crippen LogP contribution in [-0.4, -0.2) is 52.2 Å². The summed E-state index contributed by atoms with van der Waals surface area (Å²) < 4.78 is 0. The predicted octanol–water partition coefficient (Wildman–Crippen LogP) is 3.23. The lowest BCUT2D eigenvalue weighted by Gasteiger charge is -2.35. The summed E-state index contributed by atoms with van der Waals surface area (Å²) in [4.78, 5) is 20.8. The average Bonchev–Trinajstić information content (AvgIpc) is 3.27. The van der Waals surface area contributed by atoms with Crippen LogP contribution in [0.4, 0.5) is 17.3 Å². The summed E-state index contributed by atoms with van der Waals surface area (Å²) in [6.07, 6.45) is 10.6. The van der Waals surface area contributed by atoms with Crippen LogP contribution >= 0.6 is 0 Å². The van der Waals surface area contributed by atoms with E-state index in [-0.39, 0.29) is 0 Å². The molecule has 2 fully saturated rings. The Kier molecular flexibility index (Phi) is 5.99. The second kappa shape index (κ2) is 8.99. The summed E-state index contributed by atoms with van der Waals surface area (Å²) in [6, 6.07) is 7.71. The predicted molar refractivity (Wildman–Crippen MR) is 110 cm³/mol. The average molecular weight is 380 g/mol. The highest BCUT2D eigenvalue weighted by Gasteiger charge is 2.23. The van der Waals surface area contributed by atoms with E-state index in [1.807, 2.05) is 29.2 Å². The van der Waals surface area contributed by atoms with Crippen molar-refractivity contribution >= 4 is 23.2 Å². The van der Waals surface area contributed by atoms with Gasteiger partial charge in [0.15, 0.2) is 11.6 Å². The van der Waals surface area contributed by atoms with Crippen molar-refractivity contribution in [2.24, 2.45) is 5.92 Å². The molecule has 1 aliphatic heterocycles. The van der Waals surface area contributed by atoms with Gasteiger partial charge in [-0.3, -0.25) is 9.78 Å². The molecule has 1 N–H and O–H groups in total. The number of hydrogen-bond donors (Lipinski definition) is 1. The third kappa shape index (κ3) is 4.77. The highest BCUT2D eigenvalue weighted by molar-refractivity contribution is 5.76. The number of anilines is 3. The summed E-state index contributed by atoms with van der Waals surface area (Å²) in [5, 5.41) is 11.8. The van der Waals surface area contributed by atoms with Crippen molar-refractivity contribution in [3.05, 3.63) is 36.7 Å². The first kappa shape index (κ1) is 18.7. The maximum atomic E-state index is 12.5. The Balaban J connectivity index is 1.24. The molecule has 0 unspecified atom stereocenters. The Morgan fingerprint density at radius 1 is 1.07 bits per heavy atom. The molecule has 7 nitrogen and oxygen atoms in total. The van der Waals surface area contributed by atoms with Crippen LogP contribution in [0.1, 0.15) is 38.5 Å². The van der Waals surface area contributed by atoms with Gasteiger partial charge in [0, 0.05) is 38.8 Å². The Bertz CT molecular complexity index is 752. The minimum absolute atomic E-state index is 0.314. The number of pyridine rings is 1. The van der Waals surface area contributed by atoms with Gasteiger partial charge in [-0.25, -0.2) is 0 Å². The largest absolute Gasteiger partial charge is 0.352 e. The van der Waals surface area contributed by atoms with E-state index < -0.39 is 0 Å². The summed E-state index contributed by atoms with van der Waals surface area (Å²) in [5.74, 6) is 2.64. The number of nitrogens with one attached hydrogen (secondary N) is 1. The lowest BCUT2D eigenvalue weighted by Crippen LogP contribution is -2.49. The molecule has 0 atom stereocenters. The van der Waals surface area contributed by atoms with E-state index in [2.05, 4.69) is 25.4 Å². The van der Waals surface area contributed by atoms with Crippen molar-refractivity contribution in [1.82, 2.24) is 20.1 Å². The van der Waals surface area contributed by atoms with Crippen molar-refractivity contribution in [1.29, 1.82) is 0 Å². The monoisotopic (exact) mass is 380 g/mol. The van der Waals surface area contributed by atoms with Gasteiger partial charge in [0.1, 0.15) is 0 Å². The molecule has 2 aliphatic rings. The number of piperazine rings is 1. The van der Waals surface area contributed by atoms with Crippen LogP contribution in [0, 0.1) is 5.92 Å². The molecule has 148 valence electrons. The van der Waals surface area contributed by atoms with Gasteiger partial charge in [-0.1, -0.05) is 25.7 Å². The minimum atomic E-state index is 0.314. The van der Waals surface area contributed by atoms with Crippen LogP contribution in [0.25, 0.3) is 0 Å². The van der Waals surface area contributed by atoms with E-state index in [0.29, 0.717) is 18.1 Å². The first-order valence-corrected chi connectivity index (χ1v) is 10.3. The molecule has 2 aromatic rings. The Labute approximate surface area is 166 Å². The number of rotatable bonds is 6. The zero-order chi connectivity index (χ0) is 19.2. The minimum Gasteiger partial charge on any atom is -0.352 e. The first-order valence-electron chi connectivity index (χ1n) is 10.3. The van der Waals surface area contributed by atoms with E-state index in [0.717, 1.165) is 50.0 Å². The number of hydrogen-bond acceptors (Lipinski definition) is 6. The number of nitrogens with zero attached hydrogens (tertiary/aromatic N) is 5. The molecule has 3 heterocycles. The topological polar surface area (TPSA) is 74.2 Å².